The molecule has 0 aromatic heterocycles. The van der Waals surface area contributed by atoms with Crippen molar-refractivity contribution in [3.8, 4) is 0 Å². The first-order valence-electron chi connectivity index (χ1n) is 7.86. The Morgan fingerprint density at radius 2 is 2.37 bits per heavy atom. The monoisotopic (exact) mass is 267 g/mol. The molecule has 0 aromatic carbocycles. The topological polar surface area (TPSA) is 30.5 Å². The van der Waals surface area contributed by atoms with Gasteiger partial charge in [-0.25, -0.2) is 0 Å². The van der Waals surface area contributed by atoms with E-state index in [1.165, 1.54) is 12.8 Å². The number of ether oxygens (including phenoxy) is 2. The normalized spacial score (nSPS) is 33.4. The van der Waals surface area contributed by atoms with Crippen LogP contribution in [0.15, 0.2) is 11.8 Å². The molecular formula is C16H29NO2. The highest BCUT2D eigenvalue weighted by Gasteiger charge is 2.44. The Kier molecular flexibility index (Phi) is 5.28. The summed E-state index contributed by atoms with van der Waals surface area (Å²) in [4.78, 5) is 0. The predicted octanol–water partition coefficient (Wildman–Crippen LogP) is 3.25. The lowest BCUT2D eigenvalue weighted by Gasteiger charge is -2.46. The van der Waals surface area contributed by atoms with Gasteiger partial charge in [-0.15, -0.1) is 0 Å². The van der Waals surface area contributed by atoms with Crippen LogP contribution in [0.3, 0.4) is 0 Å². The molecule has 2 rings (SSSR count). The van der Waals surface area contributed by atoms with Gasteiger partial charge in [0.05, 0.1) is 18.2 Å². The molecule has 3 heteroatoms. The van der Waals surface area contributed by atoms with Crippen molar-refractivity contribution in [3.63, 3.8) is 0 Å². The summed E-state index contributed by atoms with van der Waals surface area (Å²) in [5.74, 6) is 1.84. The van der Waals surface area contributed by atoms with E-state index in [2.05, 4.69) is 25.2 Å². The maximum absolute atomic E-state index is 6.26. The fourth-order valence-corrected chi connectivity index (χ4v) is 3.75. The van der Waals surface area contributed by atoms with Crippen molar-refractivity contribution in [2.24, 2.45) is 5.92 Å². The maximum atomic E-state index is 6.26. The van der Waals surface area contributed by atoms with E-state index in [1.54, 1.807) is 0 Å². The van der Waals surface area contributed by atoms with Crippen LogP contribution in [-0.4, -0.2) is 31.9 Å². The van der Waals surface area contributed by atoms with E-state index < -0.39 is 0 Å². The molecule has 0 saturated heterocycles. The van der Waals surface area contributed by atoms with E-state index in [1.807, 2.05) is 7.05 Å². The molecule has 2 aliphatic rings. The highest BCUT2D eigenvalue weighted by molar-refractivity contribution is 5.14. The lowest BCUT2D eigenvalue weighted by Crippen LogP contribution is -2.55. The van der Waals surface area contributed by atoms with Gasteiger partial charge in [-0.3, -0.25) is 0 Å². The first-order chi connectivity index (χ1) is 9.22. The quantitative estimate of drug-likeness (QED) is 0.829. The largest absolute Gasteiger partial charge is 0.496 e. The predicted molar refractivity (Wildman–Crippen MR) is 78.1 cm³/mol. The Hall–Kier alpha value is -0.540. The van der Waals surface area contributed by atoms with Crippen molar-refractivity contribution in [1.29, 1.82) is 0 Å². The van der Waals surface area contributed by atoms with Gasteiger partial charge < -0.3 is 14.8 Å². The van der Waals surface area contributed by atoms with Crippen LogP contribution < -0.4 is 5.32 Å². The Morgan fingerprint density at radius 1 is 1.53 bits per heavy atom. The fourth-order valence-electron chi connectivity index (χ4n) is 3.75. The van der Waals surface area contributed by atoms with Crippen molar-refractivity contribution in [2.75, 3.05) is 20.3 Å². The molecule has 1 saturated carbocycles. The molecule has 1 aliphatic carbocycles. The Balaban J connectivity index is 2.21. The summed E-state index contributed by atoms with van der Waals surface area (Å²) in [6.45, 7) is 6.07. The Morgan fingerprint density at radius 3 is 2.95 bits per heavy atom. The summed E-state index contributed by atoms with van der Waals surface area (Å²) >= 11 is 0. The van der Waals surface area contributed by atoms with E-state index in [-0.39, 0.29) is 11.6 Å². The van der Waals surface area contributed by atoms with Gasteiger partial charge in [0, 0.05) is 6.61 Å². The summed E-state index contributed by atoms with van der Waals surface area (Å²) in [6.07, 6.45) is 9.37. The number of likely N-dealkylation sites (N-methyl/N-ethyl adjacent to an activating group) is 1. The summed E-state index contributed by atoms with van der Waals surface area (Å²) in [5.41, 5.74) is -0.0790. The van der Waals surface area contributed by atoms with Crippen LogP contribution in [0.5, 0.6) is 0 Å². The molecule has 1 fully saturated rings. The van der Waals surface area contributed by atoms with Crippen molar-refractivity contribution >= 4 is 0 Å². The number of rotatable bonds is 5. The molecule has 19 heavy (non-hydrogen) atoms. The van der Waals surface area contributed by atoms with Gasteiger partial charge in [0.1, 0.15) is 5.76 Å². The van der Waals surface area contributed by atoms with Crippen LogP contribution in [-0.2, 0) is 9.47 Å². The van der Waals surface area contributed by atoms with E-state index >= 15 is 0 Å². The molecule has 1 heterocycles. The minimum Gasteiger partial charge on any atom is -0.496 e. The fraction of sp³-hybridized carbons (Fsp3) is 0.875. The Labute approximate surface area is 117 Å². The second-order valence-corrected chi connectivity index (χ2v) is 6.02. The molecule has 0 spiro atoms. The Bertz CT molecular complexity index is 312. The third kappa shape index (κ3) is 3.32. The third-order valence-electron chi connectivity index (χ3n) is 4.48. The number of allylic oxidation sites excluding steroid dienone is 1. The first kappa shape index (κ1) is 14.9. The maximum Gasteiger partial charge on any atom is 0.112 e. The second kappa shape index (κ2) is 6.76. The molecule has 3 nitrogen and oxygen atoms in total. The minimum absolute atomic E-state index is 0.0790. The van der Waals surface area contributed by atoms with Gasteiger partial charge in [-0.2, -0.15) is 0 Å². The molecule has 0 bridgehead atoms. The van der Waals surface area contributed by atoms with Gasteiger partial charge in [0.15, 0.2) is 0 Å². The number of nitrogens with one attached hydrogen (secondary N) is 1. The van der Waals surface area contributed by atoms with Crippen LogP contribution in [0.25, 0.3) is 0 Å². The zero-order valence-electron chi connectivity index (χ0n) is 12.7. The van der Waals surface area contributed by atoms with E-state index in [9.17, 15) is 0 Å². The highest BCUT2D eigenvalue weighted by Crippen LogP contribution is 2.40. The highest BCUT2D eigenvalue weighted by atomic mass is 16.5. The van der Waals surface area contributed by atoms with Gasteiger partial charge in [-0.05, 0) is 51.6 Å². The van der Waals surface area contributed by atoms with Crippen LogP contribution >= 0.6 is 0 Å². The van der Waals surface area contributed by atoms with Crippen LogP contribution in [0.2, 0.25) is 0 Å². The zero-order valence-corrected chi connectivity index (χ0v) is 12.7. The van der Waals surface area contributed by atoms with E-state index in [0.29, 0.717) is 0 Å². The minimum atomic E-state index is -0.0790. The molecule has 3 atom stereocenters. The molecular weight excluding hydrogens is 238 g/mol. The zero-order chi connectivity index (χ0) is 13.7. The van der Waals surface area contributed by atoms with Crippen molar-refractivity contribution in [2.45, 2.75) is 64.0 Å². The molecule has 0 amide bonds. The molecule has 0 aromatic rings. The van der Waals surface area contributed by atoms with E-state index in [0.717, 1.165) is 50.6 Å². The standard InChI is InChI=1S/C16H29NO2/c1-4-19-16(10-7-8-13(2)12-16)15(17-3)14-9-5-6-11-18-14/h9,13,15,17H,4-8,10-12H2,1-3H3. The lowest BCUT2D eigenvalue weighted by molar-refractivity contribution is -0.101. The average molecular weight is 267 g/mol. The average Bonchev–Trinajstić information content (AvgIpc) is 2.41. The van der Waals surface area contributed by atoms with Gasteiger partial charge >= 0.3 is 0 Å². The summed E-state index contributed by atoms with van der Waals surface area (Å²) < 4.78 is 12.2. The van der Waals surface area contributed by atoms with Crippen LogP contribution in [0, 0.1) is 5.92 Å². The SMILES string of the molecule is CCOC1(C(NC)C2=CCCCO2)CCCC(C)C1. The molecule has 110 valence electrons. The number of hydrogen-bond donors (Lipinski definition) is 1. The third-order valence-corrected chi connectivity index (χ3v) is 4.48. The summed E-state index contributed by atoms with van der Waals surface area (Å²) in [6, 6.07) is 0.204. The van der Waals surface area contributed by atoms with Crippen molar-refractivity contribution in [3.05, 3.63) is 11.8 Å². The van der Waals surface area contributed by atoms with Crippen molar-refractivity contribution in [1.82, 2.24) is 5.32 Å². The summed E-state index contributed by atoms with van der Waals surface area (Å²) in [7, 11) is 2.03. The molecule has 1 N–H and O–H groups in total. The summed E-state index contributed by atoms with van der Waals surface area (Å²) in [5, 5.41) is 3.47. The van der Waals surface area contributed by atoms with Gasteiger partial charge in [-0.1, -0.05) is 19.8 Å². The second-order valence-electron chi connectivity index (χ2n) is 6.02. The molecule has 1 aliphatic heterocycles. The van der Waals surface area contributed by atoms with Gasteiger partial charge in [0.2, 0.25) is 0 Å². The smallest absolute Gasteiger partial charge is 0.112 e. The molecule has 0 radical (unpaired) electrons. The first-order valence-corrected chi connectivity index (χ1v) is 7.86. The number of hydrogen-bond acceptors (Lipinski definition) is 3. The molecule has 3 unspecified atom stereocenters. The lowest BCUT2D eigenvalue weighted by atomic mass is 9.73. The van der Waals surface area contributed by atoms with Crippen LogP contribution in [0.1, 0.15) is 52.4 Å². The van der Waals surface area contributed by atoms with E-state index in [4.69, 9.17) is 9.47 Å². The van der Waals surface area contributed by atoms with Gasteiger partial charge in [0.25, 0.3) is 0 Å². The van der Waals surface area contributed by atoms with Crippen molar-refractivity contribution < 1.29 is 9.47 Å². The van der Waals surface area contributed by atoms with Crippen LogP contribution in [0.4, 0.5) is 0 Å².